The van der Waals surface area contributed by atoms with Gasteiger partial charge in [-0.2, -0.15) is 0 Å². The summed E-state index contributed by atoms with van der Waals surface area (Å²) in [5, 5.41) is 8.65. The van der Waals surface area contributed by atoms with Crippen LogP contribution < -0.4 is 0 Å². The Balaban J connectivity index is -0.000000495. The minimum Gasteiger partial charge on any atom is -0.512 e. The minimum absolute atomic E-state index is 0.0787. The van der Waals surface area contributed by atoms with Gasteiger partial charge in [0.2, 0.25) is 0 Å². The van der Waals surface area contributed by atoms with Crippen molar-refractivity contribution in [2.24, 2.45) is 0 Å². The zero-order valence-electron chi connectivity index (χ0n) is 27.7. The molecule has 0 saturated heterocycles. The number of carbonyl (C=O) groups is 2. The lowest BCUT2D eigenvalue weighted by Gasteiger charge is -2.13. The van der Waals surface area contributed by atoms with Crippen LogP contribution in [0.15, 0.2) is 88.5 Å². The first-order valence-electron chi connectivity index (χ1n) is 14.3. The summed E-state index contributed by atoms with van der Waals surface area (Å²) in [6, 6.07) is 8.93. The van der Waals surface area contributed by atoms with Crippen LogP contribution in [0, 0.1) is 5.82 Å². The first kappa shape index (κ1) is 42.0. The van der Waals surface area contributed by atoms with Crippen LogP contribution in [0.3, 0.4) is 0 Å². The number of furan rings is 1. The van der Waals surface area contributed by atoms with E-state index in [-0.39, 0.29) is 23.1 Å². The Bertz CT molecular complexity index is 1090. The Morgan fingerprint density at radius 2 is 1.59 bits per heavy atom. The Labute approximate surface area is 249 Å². The maximum absolute atomic E-state index is 12.9. The number of Topliss-reactive ketones (excluding diaryl/α,β-unsaturated/α-hetero) is 2. The number of rotatable bonds is 8. The first-order valence-corrected chi connectivity index (χ1v) is 14.3. The fourth-order valence-electron chi connectivity index (χ4n) is 3.09. The molecule has 0 saturated carbocycles. The molecule has 1 N–H and O–H groups in total. The van der Waals surface area contributed by atoms with Crippen molar-refractivity contribution >= 4 is 17.1 Å². The number of allylic oxidation sites excluding steroid dienone is 7. The Morgan fingerprint density at radius 1 is 1.02 bits per heavy atom. The molecule has 0 aliphatic rings. The first-order chi connectivity index (χ1) is 19.2. The molecule has 41 heavy (non-hydrogen) atoms. The monoisotopic (exact) mass is 570 g/mol. The summed E-state index contributed by atoms with van der Waals surface area (Å²) in [7, 11) is 0. The fourth-order valence-corrected chi connectivity index (χ4v) is 3.09. The predicted molar refractivity (Wildman–Crippen MR) is 175 cm³/mol. The Kier molecular flexibility index (Phi) is 26.1. The molecule has 1 aromatic carbocycles. The third-order valence-electron chi connectivity index (χ3n) is 5.73. The van der Waals surface area contributed by atoms with Crippen molar-refractivity contribution in [3.05, 3.63) is 101 Å². The number of benzene rings is 1. The van der Waals surface area contributed by atoms with Crippen molar-refractivity contribution in [3.8, 4) is 0 Å². The molecule has 230 valence electrons. The van der Waals surface area contributed by atoms with Gasteiger partial charge < -0.3 is 14.3 Å². The van der Waals surface area contributed by atoms with Crippen LogP contribution in [0.2, 0.25) is 0 Å². The molecule has 1 heterocycles. The van der Waals surface area contributed by atoms with Gasteiger partial charge in [0.15, 0.2) is 5.78 Å². The summed E-state index contributed by atoms with van der Waals surface area (Å²) in [5.41, 5.74) is 6.13. The SMILES string of the molecule is C=C(C)/C(C)=C\C(=C/C)c1ccoc1.CC.CC(=O)/C(C)=C(/C)O.CC(C)=O.CCCC(CC)c1cccc(F)c1. The number of ketones is 2. The molecule has 0 radical (unpaired) electrons. The molecule has 0 bridgehead atoms. The molecule has 1 aromatic heterocycles. The molecular weight excluding hydrogens is 515 g/mol. The van der Waals surface area contributed by atoms with Gasteiger partial charge in [-0.05, 0) is 109 Å². The van der Waals surface area contributed by atoms with Gasteiger partial charge in [0.05, 0.1) is 18.3 Å². The van der Waals surface area contributed by atoms with E-state index in [2.05, 4.69) is 39.5 Å². The predicted octanol–water partition coefficient (Wildman–Crippen LogP) is 11.4. The number of hydrogen-bond donors (Lipinski definition) is 1. The van der Waals surface area contributed by atoms with Crippen molar-refractivity contribution in [2.45, 2.75) is 108 Å². The number of aliphatic hydroxyl groups excluding tert-OH is 1. The molecular formula is C36H55FO4. The van der Waals surface area contributed by atoms with Crippen molar-refractivity contribution in [2.75, 3.05) is 0 Å². The highest BCUT2D eigenvalue weighted by atomic mass is 19.1. The van der Waals surface area contributed by atoms with E-state index in [1.165, 1.54) is 44.9 Å². The van der Waals surface area contributed by atoms with Gasteiger partial charge in [0.1, 0.15) is 11.6 Å². The van der Waals surface area contributed by atoms with Crippen molar-refractivity contribution in [3.63, 3.8) is 0 Å². The number of carbonyl (C=O) groups excluding carboxylic acids is 2. The lowest BCUT2D eigenvalue weighted by molar-refractivity contribution is -0.115. The van der Waals surface area contributed by atoms with E-state index in [0.29, 0.717) is 11.5 Å². The lowest BCUT2D eigenvalue weighted by Crippen LogP contribution is -1.96. The molecule has 0 spiro atoms. The topological polar surface area (TPSA) is 67.5 Å². The van der Waals surface area contributed by atoms with Crippen LogP contribution in [-0.4, -0.2) is 16.7 Å². The average Bonchev–Trinajstić information content (AvgIpc) is 3.46. The number of hydrogen-bond acceptors (Lipinski definition) is 4. The highest BCUT2D eigenvalue weighted by molar-refractivity contribution is 5.92. The summed E-state index contributed by atoms with van der Waals surface area (Å²) < 4.78 is 18.0. The van der Waals surface area contributed by atoms with Crippen LogP contribution in [0.4, 0.5) is 4.39 Å². The maximum atomic E-state index is 12.9. The zero-order valence-corrected chi connectivity index (χ0v) is 27.7. The second kappa shape index (κ2) is 25.5. The van der Waals surface area contributed by atoms with E-state index < -0.39 is 0 Å². The Hall–Kier alpha value is -3.47. The molecule has 0 amide bonds. The van der Waals surface area contributed by atoms with Crippen molar-refractivity contribution in [1.82, 2.24) is 0 Å². The standard InChI is InChI=1S/C13H16O.C12H17F.C6H10O2.C3H6O.C2H6/c1-5-12(8-11(4)10(2)3)13-6-7-14-9-13;1-3-6-10(4-2)11-7-5-8-12(13)9-11;1-4(5(2)7)6(3)8;1-3(2)4;1-2/h5-9H,2H2,1,3-4H3;5,7-10H,3-4,6H2,1-2H3;7H,1-3H3;1-2H3;1-2H3/b11-8-,12-5+;;5-4-;;. The van der Waals surface area contributed by atoms with Gasteiger partial charge in [-0.15, -0.1) is 0 Å². The van der Waals surface area contributed by atoms with Gasteiger partial charge in [0.25, 0.3) is 0 Å². The Morgan fingerprint density at radius 3 is 1.90 bits per heavy atom. The third kappa shape index (κ3) is 22.0. The molecule has 2 aromatic rings. The maximum Gasteiger partial charge on any atom is 0.158 e. The summed E-state index contributed by atoms with van der Waals surface area (Å²) in [6.07, 6.45) is 11.0. The van der Waals surface area contributed by atoms with Gasteiger partial charge in [0, 0.05) is 11.1 Å². The molecule has 1 unspecified atom stereocenters. The molecule has 5 heteroatoms. The molecule has 0 aliphatic heterocycles. The van der Waals surface area contributed by atoms with Gasteiger partial charge >= 0.3 is 0 Å². The molecule has 0 fully saturated rings. The molecule has 0 aliphatic carbocycles. The highest BCUT2D eigenvalue weighted by Crippen LogP contribution is 2.24. The van der Waals surface area contributed by atoms with Crippen LogP contribution in [-0.2, 0) is 9.59 Å². The second-order valence-electron chi connectivity index (χ2n) is 9.49. The smallest absolute Gasteiger partial charge is 0.158 e. The minimum atomic E-state index is -0.118. The van der Waals surface area contributed by atoms with Crippen LogP contribution in [0.25, 0.3) is 5.57 Å². The number of aliphatic hydroxyl groups is 1. The highest BCUT2D eigenvalue weighted by Gasteiger charge is 2.08. The van der Waals surface area contributed by atoms with Crippen molar-refractivity contribution < 1.29 is 23.5 Å². The van der Waals surface area contributed by atoms with E-state index in [1.54, 1.807) is 31.6 Å². The fraction of sp³-hybridized carbons (Fsp3) is 0.444. The zero-order chi connectivity index (χ0) is 32.5. The largest absolute Gasteiger partial charge is 0.512 e. The van der Waals surface area contributed by atoms with E-state index in [0.717, 1.165) is 36.0 Å². The molecule has 2 rings (SSSR count). The third-order valence-corrected chi connectivity index (χ3v) is 5.73. The van der Waals surface area contributed by atoms with E-state index >= 15 is 0 Å². The molecule has 4 nitrogen and oxygen atoms in total. The quantitative estimate of drug-likeness (QED) is 0.195. The summed E-state index contributed by atoms with van der Waals surface area (Å²) >= 11 is 0. The summed E-state index contributed by atoms with van der Waals surface area (Å²) in [6.45, 7) is 25.9. The van der Waals surface area contributed by atoms with Crippen LogP contribution >= 0.6 is 0 Å². The van der Waals surface area contributed by atoms with Crippen LogP contribution in [0.1, 0.15) is 119 Å². The van der Waals surface area contributed by atoms with Crippen molar-refractivity contribution in [1.29, 1.82) is 0 Å². The van der Waals surface area contributed by atoms with E-state index in [9.17, 15) is 14.0 Å². The second-order valence-corrected chi connectivity index (χ2v) is 9.49. The lowest BCUT2D eigenvalue weighted by atomic mass is 9.92. The van der Waals surface area contributed by atoms with E-state index in [4.69, 9.17) is 9.52 Å². The van der Waals surface area contributed by atoms with Gasteiger partial charge in [-0.3, -0.25) is 4.79 Å². The number of halogens is 1. The summed E-state index contributed by atoms with van der Waals surface area (Å²) in [4.78, 5) is 19.8. The normalized spacial score (nSPS) is 11.8. The summed E-state index contributed by atoms with van der Waals surface area (Å²) in [5.74, 6) is 0.607. The van der Waals surface area contributed by atoms with Gasteiger partial charge in [-0.1, -0.05) is 70.6 Å². The molecule has 1 atom stereocenters. The van der Waals surface area contributed by atoms with E-state index in [1.807, 2.05) is 39.8 Å². The van der Waals surface area contributed by atoms with Gasteiger partial charge in [-0.25, -0.2) is 4.39 Å². The van der Waals surface area contributed by atoms with Crippen LogP contribution in [0.5, 0.6) is 0 Å². The average molecular weight is 571 g/mol.